The summed E-state index contributed by atoms with van der Waals surface area (Å²) in [6.45, 7) is 0. The largest absolute Gasteiger partial charge is 2.00 e. The van der Waals surface area contributed by atoms with Crippen molar-refractivity contribution in [1.82, 2.24) is 0 Å². The smallest absolute Gasteiger partial charge is 0.477 e. The minimum Gasteiger partial charge on any atom is -0.477 e. The van der Waals surface area contributed by atoms with Gasteiger partial charge >= 0.3 is 19.5 Å². The van der Waals surface area contributed by atoms with Crippen LogP contribution in [0.1, 0.15) is 0 Å². The van der Waals surface area contributed by atoms with Crippen molar-refractivity contribution in [2.75, 3.05) is 0 Å². The third kappa shape index (κ3) is 10.6. The molecule has 0 aliphatic carbocycles. The van der Waals surface area contributed by atoms with Crippen molar-refractivity contribution < 1.29 is 29.0 Å². The minimum atomic E-state index is 0. The van der Waals surface area contributed by atoms with E-state index < -0.39 is 0 Å². The molecule has 2 nitrogen and oxygen atoms in total. The molecule has 2 aromatic rings. The quantitative estimate of drug-likeness (QED) is 0.428. The first-order chi connectivity index (χ1) is 9.58. The number of hydrogen-bond donors (Lipinski definition) is 0. The molecule has 104 valence electrons. The first-order valence-corrected chi connectivity index (χ1v) is 7.09. The number of rotatable bonds is 2. The summed E-state index contributed by atoms with van der Waals surface area (Å²) in [4.78, 5) is 0. The molecule has 0 aromatic heterocycles. The molecule has 0 atom stereocenters. The van der Waals surface area contributed by atoms with Crippen molar-refractivity contribution >= 4 is 58.5 Å². The van der Waals surface area contributed by atoms with Crippen LogP contribution < -0.4 is 9.47 Å². The third-order valence-corrected chi connectivity index (χ3v) is 2.22. The van der Waals surface area contributed by atoms with Crippen LogP contribution in [-0.2, 0) is 44.7 Å². The van der Waals surface area contributed by atoms with Gasteiger partial charge in [-0.15, -0.1) is 0 Å². The van der Waals surface area contributed by atoms with Gasteiger partial charge in [-0.2, -0.15) is 0 Å². The van der Waals surface area contributed by atoms with Gasteiger partial charge in [-0.25, -0.2) is 0 Å². The summed E-state index contributed by atoms with van der Waals surface area (Å²) in [5, 5.41) is 0. The van der Waals surface area contributed by atoms with Crippen LogP contribution in [0.4, 0.5) is 0 Å². The summed E-state index contributed by atoms with van der Waals surface area (Å²) in [6, 6.07) is 18.5. The zero-order valence-corrected chi connectivity index (χ0v) is 17.2. The normalized spacial score (nSPS) is 8.38. The maximum absolute atomic E-state index is 4.96. The summed E-state index contributed by atoms with van der Waals surface area (Å²) in [6.07, 6.45) is 0. The van der Waals surface area contributed by atoms with E-state index in [1.54, 1.807) is 24.3 Å². The first kappa shape index (κ1) is 20.3. The van der Waals surface area contributed by atoms with Crippen LogP contribution in [0.3, 0.4) is 0 Å². The molecule has 0 heterocycles. The Kier molecular flexibility index (Phi) is 11.5. The van der Waals surface area contributed by atoms with Gasteiger partial charge in [0.1, 0.15) is 11.5 Å². The Morgan fingerprint density at radius 3 is 1.19 bits per heavy atom. The molecule has 0 radical (unpaired) electrons. The molecule has 0 aliphatic heterocycles. The van der Waals surface area contributed by atoms with E-state index >= 15 is 0 Å². The van der Waals surface area contributed by atoms with Crippen LogP contribution in [0.15, 0.2) is 60.7 Å². The van der Waals surface area contributed by atoms with Gasteiger partial charge in [-0.1, -0.05) is 36.4 Å². The average molecular weight is 404 g/mol. The molecule has 0 saturated carbocycles. The van der Waals surface area contributed by atoms with Gasteiger partial charge in [0.25, 0.3) is 0 Å². The Bertz CT molecular complexity index is 498. The predicted molar refractivity (Wildman–Crippen MR) is 94.1 cm³/mol. The van der Waals surface area contributed by atoms with E-state index in [9.17, 15) is 0 Å². The fourth-order valence-electron chi connectivity index (χ4n) is 1.17. The van der Waals surface area contributed by atoms with Gasteiger partial charge in [0.15, 0.2) is 0 Å². The molecule has 7 heteroatoms. The Hall–Kier alpha value is -0.717. The second kappa shape index (κ2) is 11.9. The molecule has 0 N–H and O–H groups in total. The number of thiocarbonyl (C=S) groups is 2. The molecule has 2 rings (SSSR count). The van der Waals surface area contributed by atoms with E-state index in [0.717, 1.165) is 0 Å². The van der Waals surface area contributed by atoms with Crippen LogP contribution in [0.2, 0.25) is 0 Å². The zero-order chi connectivity index (χ0) is 14.8. The maximum atomic E-state index is 4.96. The molecule has 0 spiro atoms. The molecule has 0 unspecified atom stereocenters. The Labute approximate surface area is 158 Å². The number of para-hydroxylation sites is 2. The summed E-state index contributed by atoms with van der Waals surface area (Å²) in [5.74, 6) is 1.39. The van der Waals surface area contributed by atoms with Crippen molar-refractivity contribution in [3.63, 3.8) is 0 Å². The van der Waals surface area contributed by atoms with Crippen molar-refractivity contribution in [3.05, 3.63) is 60.7 Å². The Morgan fingerprint density at radius 2 is 0.952 bits per heavy atom. The topological polar surface area (TPSA) is 18.5 Å². The first-order valence-electron chi connectivity index (χ1n) is 5.45. The number of ether oxygens (including phenoxy) is 2. The fourth-order valence-corrected chi connectivity index (χ4v) is 1.55. The van der Waals surface area contributed by atoms with Gasteiger partial charge in [0.2, 0.25) is 0 Å². The van der Waals surface area contributed by atoms with E-state index in [-0.39, 0.29) is 28.2 Å². The van der Waals surface area contributed by atoms with Gasteiger partial charge in [0.05, 0.1) is 0 Å². The van der Waals surface area contributed by atoms with Gasteiger partial charge in [-0.05, 0) is 24.3 Å². The van der Waals surface area contributed by atoms with Crippen LogP contribution in [0.5, 0.6) is 11.5 Å². The monoisotopic (exact) mass is 402 g/mol. The van der Waals surface area contributed by atoms with E-state index in [2.05, 4.69) is 49.7 Å². The summed E-state index contributed by atoms with van der Waals surface area (Å²) >= 11 is 18.3. The second-order valence-electron chi connectivity index (χ2n) is 3.33. The molecule has 0 amide bonds. The Morgan fingerprint density at radius 1 is 0.667 bits per heavy atom. The average Bonchev–Trinajstić information content (AvgIpc) is 2.40. The molecule has 0 bridgehead atoms. The van der Waals surface area contributed by atoms with Crippen molar-refractivity contribution in [1.29, 1.82) is 0 Å². The van der Waals surface area contributed by atoms with Gasteiger partial charge in [0, 0.05) is 8.77 Å². The fraction of sp³-hybridized carbons (Fsp3) is 0. The van der Waals surface area contributed by atoms with E-state index in [0.29, 0.717) is 11.5 Å². The van der Waals surface area contributed by atoms with Crippen molar-refractivity contribution in [2.45, 2.75) is 0 Å². The molecule has 0 saturated heterocycles. The van der Waals surface area contributed by atoms with E-state index in [4.69, 9.17) is 9.47 Å². The van der Waals surface area contributed by atoms with Crippen molar-refractivity contribution in [3.8, 4) is 11.5 Å². The van der Waals surface area contributed by atoms with Crippen LogP contribution in [-0.4, -0.2) is 8.77 Å². The standard InChI is InChI=1S/2C7H6OS2.Zn/c2*9-7(10)8-6-4-2-1-3-5-6;/h2*1-5H,(H,9,10);/q;;+2/p-2. The zero-order valence-electron chi connectivity index (χ0n) is 10.9. The number of benzene rings is 2. The van der Waals surface area contributed by atoms with Gasteiger partial charge in [-0.3, -0.25) is 0 Å². The molecule has 0 aliphatic rings. The molecule has 21 heavy (non-hydrogen) atoms. The molecular weight excluding hydrogens is 394 g/mol. The maximum Gasteiger partial charge on any atom is 2.00 e. The Balaban J connectivity index is 0.000000364. The molecular formula is C14H10O2S4Zn. The summed E-state index contributed by atoms with van der Waals surface area (Å²) < 4.78 is 10.2. The molecule has 0 fully saturated rings. The molecule has 2 aromatic carbocycles. The van der Waals surface area contributed by atoms with E-state index in [1.165, 1.54) is 0 Å². The summed E-state index contributed by atoms with van der Waals surface area (Å²) in [5.41, 5.74) is 0. The number of hydrogen-bond acceptors (Lipinski definition) is 6. The SMILES string of the molecule is S=C([S-])Oc1ccccc1.S=C([S-])Oc1ccccc1.[Zn+2]. The van der Waals surface area contributed by atoms with E-state index in [1.807, 2.05) is 36.4 Å². The van der Waals surface area contributed by atoms with Crippen LogP contribution >= 0.6 is 24.4 Å². The minimum absolute atomic E-state index is 0. The third-order valence-electron chi connectivity index (χ3n) is 1.89. The second-order valence-corrected chi connectivity index (χ2v) is 5.33. The van der Waals surface area contributed by atoms with Crippen molar-refractivity contribution in [2.24, 2.45) is 0 Å². The van der Waals surface area contributed by atoms with Gasteiger partial charge < -0.3 is 59.2 Å². The van der Waals surface area contributed by atoms with Crippen LogP contribution in [0.25, 0.3) is 0 Å². The predicted octanol–water partition coefficient (Wildman–Crippen LogP) is 3.79. The van der Waals surface area contributed by atoms with Crippen LogP contribution in [0, 0.1) is 0 Å². The summed E-state index contributed by atoms with van der Waals surface area (Å²) in [7, 11) is 0.